The molecule has 0 amide bonds. The van der Waals surface area contributed by atoms with Gasteiger partial charge < -0.3 is 0 Å². The highest BCUT2D eigenvalue weighted by Gasteiger charge is 2.20. The summed E-state index contributed by atoms with van der Waals surface area (Å²) in [5.41, 5.74) is 10.9. The van der Waals surface area contributed by atoms with Gasteiger partial charge in [0.05, 0.1) is 0 Å². The van der Waals surface area contributed by atoms with E-state index in [0.29, 0.717) is 0 Å². The Hall–Kier alpha value is -5.72. The van der Waals surface area contributed by atoms with Crippen LogP contribution in [0, 0.1) is 0 Å². The van der Waals surface area contributed by atoms with Crippen molar-refractivity contribution in [2.45, 2.75) is 13.3 Å². The second kappa shape index (κ2) is 12.7. The molecule has 0 saturated carbocycles. The molecule has 0 spiro atoms. The molecule has 0 heterocycles. The van der Waals surface area contributed by atoms with Crippen LogP contribution in [0.3, 0.4) is 0 Å². The summed E-state index contributed by atoms with van der Waals surface area (Å²) in [7, 11) is 0. The summed E-state index contributed by atoms with van der Waals surface area (Å²) < 4.78 is 0. The Bertz CT molecular complexity index is 2240. The van der Waals surface area contributed by atoms with Gasteiger partial charge in [0.15, 0.2) is 0 Å². The molecule has 0 aliphatic heterocycles. The molecule has 0 fully saturated rings. The largest absolute Gasteiger partial charge is 0.0984 e. The van der Waals surface area contributed by atoms with Gasteiger partial charge in [0.1, 0.15) is 0 Å². The minimum Gasteiger partial charge on any atom is -0.0984 e. The minimum absolute atomic E-state index is 0.868. The van der Waals surface area contributed by atoms with Crippen LogP contribution in [0.4, 0.5) is 0 Å². The molecule has 7 aromatic carbocycles. The zero-order valence-electron chi connectivity index (χ0n) is 26.2. The lowest BCUT2D eigenvalue weighted by atomic mass is 9.82. The first-order chi connectivity index (χ1) is 22.7. The number of hydrogen-bond donors (Lipinski definition) is 0. The van der Waals surface area contributed by atoms with Gasteiger partial charge in [-0.05, 0) is 102 Å². The van der Waals surface area contributed by atoms with Gasteiger partial charge in [0.25, 0.3) is 0 Å². The molecule has 0 aliphatic carbocycles. The molecule has 7 rings (SSSR count). The topological polar surface area (TPSA) is 0 Å². The van der Waals surface area contributed by atoms with Gasteiger partial charge >= 0.3 is 0 Å². The number of rotatable bonds is 8. The standard InChI is InChI=1S/C46H36/c1-4-37-38(5-2)44(31-36-22-12-13-23-39(36)37)46-42-26-16-14-24-40(42)45(41-25-15-17-27-43(41)46)32(3)30-35(34-20-10-7-11-21-34)29-28-33-18-8-6-9-19-33/h4-27,29-31H,1-2,28H2,3H3/b32-30+,35-29+. The number of fused-ring (bicyclic) bond motifs is 3. The molecule has 0 radical (unpaired) electrons. The molecule has 0 bridgehead atoms. The van der Waals surface area contributed by atoms with E-state index in [4.69, 9.17) is 0 Å². The number of hydrogen-bond acceptors (Lipinski definition) is 0. The molecule has 46 heavy (non-hydrogen) atoms. The summed E-state index contributed by atoms with van der Waals surface area (Å²) in [6.07, 6.45) is 9.56. The Labute approximate surface area is 272 Å². The molecule has 0 unspecified atom stereocenters. The molecule has 220 valence electrons. The van der Waals surface area contributed by atoms with Gasteiger partial charge in [-0.25, -0.2) is 0 Å². The summed E-state index contributed by atoms with van der Waals surface area (Å²) in [6.45, 7) is 10.7. The first kappa shape index (κ1) is 29.0. The Kier molecular flexibility index (Phi) is 8.02. The van der Waals surface area contributed by atoms with Crippen LogP contribution < -0.4 is 0 Å². The van der Waals surface area contributed by atoms with Crippen LogP contribution in [0.15, 0.2) is 165 Å². The Morgan fingerprint density at radius 1 is 0.565 bits per heavy atom. The average Bonchev–Trinajstić information content (AvgIpc) is 3.12. The monoisotopic (exact) mass is 588 g/mol. The Balaban J connectivity index is 1.51. The molecule has 7 aromatic rings. The number of allylic oxidation sites excluding steroid dienone is 4. The summed E-state index contributed by atoms with van der Waals surface area (Å²) in [5, 5.41) is 7.32. The smallest absolute Gasteiger partial charge is 0.00199 e. The van der Waals surface area contributed by atoms with Crippen LogP contribution >= 0.6 is 0 Å². The van der Waals surface area contributed by atoms with E-state index in [1.165, 1.54) is 71.3 Å². The van der Waals surface area contributed by atoms with Crippen LogP contribution in [0.25, 0.3) is 66.7 Å². The van der Waals surface area contributed by atoms with E-state index in [-0.39, 0.29) is 0 Å². The maximum Gasteiger partial charge on any atom is -0.00199 e. The van der Waals surface area contributed by atoms with Gasteiger partial charge in [-0.2, -0.15) is 0 Å². The molecule has 0 saturated heterocycles. The van der Waals surface area contributed by atoms with Crippen LogP contribution in [-0.4, -0.2) is 0 Å². The molecule has 0 N–H and O–H groups in total. The summed E-state index contributed by atoms with van der Waals surface area (Å²) in [6, 6.07) is 50.0. The summed E-state index contributed by atoms with van der Waals surface area (Å²) in [5.74, 6) is 0. The van der Waals surface area contributed by atoms with E-state index in [0.717, 1.165) is 17.5 Å². The van der Waals surface area contributed by atoms with Crippen molar-refractivity contribution in [1.82, 2.24) is 0 Å². The van der Waals surface area contributed by atoms with Crippen molar-refractivity contribution in [3.05, 3.63) is 193 Å². The molecule has 0 nitrogen and oxygen atoms in total. The predicted octanol–water partition coefficient (Wildman–Crippen LogP) is 12.8. The fourth-order valence-electron chi connectivity index (χ4n) is 6.92. The van der Waals surface area contributed by atoms with Crippen molar-refractivity contribution in [1.29, 1.82) is 0 Å². The molecule has 0 atom stereocenters. The van der Waals surface area contributed by atoms with Crippen LogP contribution in [0.1, 0.15) is 34.7 Å². The minimum atomic E-state index is 0.868. The van der Waals surface area contributed by atoms with E-state index in [1.807, 2.05) is 12.2 Å². The van der Waals surface area contributed by atoms with Gasteiger partial charge in [-0.15, -0.1) is 0 Å². The third-order valence-corrected chi connectivity index (χ3v) is 9.01. The average molecular weight is 589 g/mol. The van der Waals surface area contributed by atoms with Gasteiger partial charge in [0, 0.05) is 0 Å². The van der Waals surface area contributed by atoms with Gasteiger partial charge in [0.2, 0.25) is 0 Å². The van der Waals surface area contributed by atoms with Crippen LogP contribution in [0.2, 0.25) is 0 Å². The van der Waals surface area contributed by atoms with E-state index in [1.54, 1.807) is 0 Å². The highest BCUT2D eigenvalue weighted by Crippen LogP contribution is 2.45. The quantitative estimate of drug-likeness (QED) is 0.122. The third-order valence-electron chi connectivity index (χ3n) is 9.01. The lowest BCUT2D eigenvalue weighted by Crippen LogP contribution is -1.96. The highest BCUT2D eigenvalue weighted by molar-refractivity contribution is 6.20. The molecule has 0 heteroatoms. The first-order valence-corrected chi connectivity index (χ1v) is 15.9. The molecule has 0 aromatic heterocycles. The third kappa shape index (κ3) is 5.29. The summed E-state index contributed by atoms with van der Waals surface area (Å²) in [4.78, 5) is 0. The van der Waals surface area contributed by atoms with Crippen LogP contribution in [-0.2, 0) is 6.42 Å². The molecule has 0 aliphatic rings. The van der Waals surface area contributed by atoms with Crippen molar-refractivity contribution in [2.75, 3.05) is 0 Å². The van der Waals surface area contributed by atoms with Crippen molar-refractivity contribution >= 4 is 55.6 Å². The zero-order valence-corrected chi connectivity index (χ0v) is 26.2. The molecular formula is C46H36. The van der Waals surface area contributed by atoms with Crippen molar-refractivity contribution < 1.29 is 0 Å². The lowest BCUT2D eigenvalue weighted by molar-refractivity contribution is 1.27. The van der Waals surface area contributed by atoms with Crippen LogP contribution in [0.5, 0.6) is 0 Å². The van der Waals surface area contributed by atoms with E-state index >= 15 is 0 Å². The maximum atomic E-state index is 4.28. The van der Waals surface area contributed by atoms with Crippen molar-refractivity contribution in [3.8, 4) is 11.1 Å². The summed E-state index contributed by atoms with van der Waals surface area (Å²) >= 11 is 0. The Morgan fingerprint density at radius 3 is 1.70 bits per heavy atom. The van der Waals surface area contributed by atoms with Gasteiger partial charge in [-0.3, -0.25) is 0 Å². The second-order valence-corrected chi connectivity index (χ2v) is 11.8. The molecular weight excluding hydrogens is 553 g/mol. The van der Waals surface area contributed by atoms with Crippen molar-refractivity contribution in [2.24, 2.45) is 0 Å². The normalized spacial score (nSPS) is 12.1. The SMILES string of the molecule is C=Cc1c(-c2c3ccccc3c(/C(C)=C/C(=C\Cc3ccccc3)c3ccccc3)c3ccccc23)cc2ccccc2c1C=C. The predicted molar refractivity (Wildman–Crippen MR) is 203 cm³/mol. The Morgan fingerprint density at radius 2 is 1.09 bits per heavy atom. The zero-order chi connectivity index (χ0) is 31.5. The fraction of sp³-hybridized carbons (Fsp3) is 0.0435. The maximum absolute atomic E-state index is 4.28. The second-order valence-electron chi connectivity index (χ2n) is 11.8. The highest BCUT2D eigenvalue weighted by atomic mass is 14.2. The fourth-order valence-corrected chi connectivity index (χ4v) is 6.92. The lowest BCUT2D eigenvalue weighted by Gasteiger charge is -2.21. The number of benzene rings is 7. The van der Waals surface area contributed by atoms with Crippen molar-refractivity contribution in [3.63, 3.8) is 0 Å². The van der Waals surface area contributed by atoms with E-state index in [9.17, 15) is 0 Å². The first-order valence-electron chi connectivity index (χ1n) is 15.9. The van der Waals surface area contributed by atoms with Gasteiger partial charge in [-0.1, -0.05) is 171 Å². The van der Waals surface area contributed by atoms with E-state index in [2.05, 4.69) is 172 Å². The van der Waals surface area contributed by atoms with E-state index < -0.39 is 0 Å².